The zero-order chi connectivity index (χ0) is 19.6. The van der Waals surface area contributed by atoms with Gasteiger partial charge in [-0.05, 0) is 43.6 Å². The second-order valence-electron chi connectivity index (χ2n) is 7.43. The Kier molecular flexibility index (Phi) is 5.99. The maximum atomic E-state index is 12.8. The molecule has 0 aliphatic heterocycles. The molecule has 0 saturated carbocycles. The third-order valence-electron chi connectivity index (χ3n) is 5.62. The van der Waals surface area contributed by atoms with Crippen LogP contribution in [0.2, 0.25) is 0 Å². The first-order valence-electron chi connectivity index (χ1n) is 9.53. The fourth-order valence-electron chi connectivity index (χ4n) is 4.23. The van der Waals surface area contributed by atoms with E-state index < -0.39 is 23.7 Å². The number of rotatable bonds is 6. The quantitative estimate of drug-likeness (QED) is 0.725. The molecule has 0 fully saturated rings. The van der Waals surface area contributed by atoms with E-state index in [1.165, 1.54) is 11.3 Å². The van der Waals surface area contributed by atoms with Crippen LogP contribution in [0.15, 0.2) is 12.2 Å². The van der Waals surface area contributed by atoms with Crippen LogP contribution in [-0.4, -0.2) is 17.8 Å². The summed E-state index contributed by atoms with van der Waals surface area (Å²) in [4.78, 5) is 37.3. The molecule has 3 rings (SSSR count). The number of carbonyl (C=O) groups excluding carboxylic acids is 3. The number of primary amides is 1. The van der Waals surface area contributed by atoms with Gasteiger partial charge >= 0.3 is 0 Å². The molecule has 146 valence electrons. The van der Waals surface area contributed by atoms with Gasteiger partial charge in [0, 0.05) is 16.8 Å². The van der Waals surface area contributed by atoms with Crippen LogP contribution in [0.25, 0.3) is 0 Å². The zero-order valence-corrected chi connectivity index (χ0v) is 16.3. The van der Waals surface area contributed by atoms with E-state index in [-0.39, 0.29) is 12.3 Å². The van der Waals surface area contributed by atoms with Crippen LogP contribution in [0.3, 0.4) is 0 Å². The van der Waals surface area contributed by atoms with Crippen LogP contribution in [0, 0.1) is 17.8 Å². The van der Waals surface area contributed by atoms with Crippen molar-refractivity contribution < 1.29 is 19.5 Å². The van der Waals surface area contributed by atoms with Crippen LogP contribution < -0.4 is 16.2 Å². The number of amides is 2. The van der Waals surface area contributed by atoms with Crippen molar-refractivity contribution in [1.29, 1.82) is 0 Å². The molecule has 0 spiro atoms. The van der Waals surface area contributed by atoms with Crippen LogP contribution in [-0.2, 0) is 22.4 Å². The van der Waals surface area contributed by atoms with Crippen LogP contribution in [0.4, 0.5) is 5.00 Å². The number of aliphatic carboxylic acids is 1. The van der Waals surface area contributed by atoms with Crippen molar-refractivity contribution in [3.05, 3.63) is 28.2 Å². The molecule has 7 heteroatoms. The number of hydrogen-bond donors (Lipinski definition) is 2. The largest absolute Gasteiger partial charge is 0.550 e. The minimum Gasteiger partial charge on any atom is -0.550 e. The van der Waals surface area contributed by atoms with Gasteiger partial charge < -0.3 is 21.0 Å². The van der Waals surface area contributed by atoms with Gasteiger partial charge in [0.2, 0.25) is 5.91 Å². The molecular formula is C20H25N2O4S-. The van der Waals surface area contributed by atoms with Crippen molar-refractivity contribution in [2.24, 2.45) is 23.5 Å². The van der Waals surface area contributed by atoms with Crippen LogP contribution in [0.5, 0.6) is 0 Å². The van der Waals surface area contributed by atoms with Crippen molar-refractivity contribution in [3.8, 4) is 0 Å². The monoisotopic (exact) mass is 389 g/mol. The Bertz CT molecular complexity index is 783. The topological polar surface area (TPSA) is 112 Å². The highest BCUT2D eigenvalue weighted by molar-refractivity contribution is 7.17. The van der Waals surface area contributed by atoms with E-state index in [1.54, 1.807) is 6.08 Å². The Morgan fingerprint density at radius 2 is 1.96 bits per heavy atom. The number of carboxylic acid groups (broad SMARTS) is 1. The number of allylic oxidation sites excluding steroid dienone is 2. The molecule has 27 heavy (non-hydrogen) atoms. The minimum atomic E-state index is -1.22. The predicted molar refractivity (Wildman–Crippen MR) is 102 cm³/mol. The number of nitrogens with two attached hydrogens (primary N) is 1. The van der Waals surface area contributed by atoms with Gasteiger partial charge in [-0.15, -0.1) is 11.3 Å². The van der Waals surface area contributed by atoms with Gasteiger partial charge in [0.05, 0.1) is 11.5 Å². The van der Waals surface area contributed by atoms with Crippen molar-refractivity contribution in [2.45, 2.75) is 51.9 Å². The van der Waals surface area contributed by atoms with E-state index in [4.69, 9.17) is 5.73 Å². The second kappa shape index (κ2) is 8.25. The second-order valence-corrected chi connectivity index (χ2v) is 8.54. The normalized spacial score (nSPS) is 24.3. The molecule has 3 N–H and O–H groups in total. The van der Waals surface area contributed by atoms with Gasteiger partial charge in [0.15, 0.2) is 0 Å². The first-order chi connectivity index (χ1) is 12.9. The maximum Gasteiger partial charge on any atom is 0.251 e. The first-order valence-corrected chi connectivity index (χ1v) is 10.3. The highest BCUT2D eigenvalue weighted by Crippen LogP contribution is 2.41. The van der Waals surface area contributed by atoms with Crippen molar-refractivity contribution in [1.82, 2.24) is 0 Å². The molecule has 1 aromatic rings. The van der Waals surface area contributed by atoms with Crippen LogP contribution >= 0.6 is 11.3 Å². The Morgan fingerprint density at radius 1 is 1.26 bits per heavy atom. The number of carbonyl (C=O) groups is 3. The Balaban J connectivity index is 1.84. The summed E-state index contributed by atoms with van der Waals surface area (Å²) in [5.41, 5.74) is 6.96. The van der Waals surface area contributed by atoms with Crippen LogP contribution in [0.1, 0.15) is 59.8 Å². The van der Waals surface area contributed by atoms with Gasteiger partial charge in [-0.1, -0.05) is 31.9 Å². The van der Waals surface area contributed by atoms with Crippen molar-refractivity contribution >= 4 is 34.1 Å². The zero-order valence-electron chi connectivity index (χ0n) is 15.5. The van der Waals surface area contributed by atoms with E-state index in [2.05, 4.69) is 12.2 Å². The number of anilines is 1. The summed E-state index contributed by atoms with van der Waals surface area (Å²) in [5.74, 6) is -3.11. The fraction of sp³-hybridized carbons (Fsp3) is 0.550. The third kappa shape index (κ3) is 4.08. The van der Waals surface area contributed by atoms with Gasteiger partial charge in [-0.25, -0.2) is 0 Å². The average Bonchev–Trinajstić information content (AvgIpc) is 2.99. The Labute approximate surface area is 162 Å². The molecule has 2 amide bonds. The van der Waals surface area contributed by atoms with Crippen molar-refractivity contribution in [3.63, 3.8) is 0 Å². The number of carboxylic acids is 1. The molecule has 2 aliphatic rings. The van der Waals surface area contributed by atoms with E-state index in [9.17, 15) is 19.5 Å². The summed E-state index contributed by atoms with van der Waals surface area (Å²) in [6.07, 6.45) is 9.18. The smallest absolute Gasteiger partial charge is 0.251 e. The standard InChI is InChI=1S/C20H26N2O4S/c1-2-5-11-8-9-14-15(10-11)27-19(16(14)17(21)23)22-18(24)12-6-3-4-7-13(12)20(25)26/h3-4,11-13H,2,5-10H2,1H3,(H2,21,23)(H,22,24)(H,25,26)/p-1/t11-,12-,13-/m0/s1. The van der Waals surface area contributed by atoms with E-state index >= 15 is 0 Å². The Hall–Kier alpha value is -2.15. The molecule has 1 aromatic heterocycles. The summed E-state index contributed by atoms with van der Waals surface area (Å²) in [7, 11) is 0. The van der Waals surface area contributed by atoms with E-state index in [0.29, 0.717) is 22.9 Å². The SMILES string of the molecule is CCC[C@H]1CCc2c(sc(NC(=O)[C@H]3CC=CC[C@@H]3C(=O)[O-])c2C(N)=O)C1. The number of hydrogen-bond acceptors (Lipinski definition) is 5. The molecule has 6 nitrogen and oxygen atoms in total. The summed E-state index contributed by atoms with van der Waals surface area (Å²) in [6.45, 7) is 2.16. The average molecular weight is 389 g/mol. The molecule has 3 atom stereocenters. The first kappa shape index (κ1) is 19.6. The predicted octanol–water partition coefficient (Wildman–Crippen LogP) is 2.02. The minimum absolute atomic E-state index is 0.280. The summed E-state index contributed by atoms with van der Waals surface area (Å²) in [5, 5.41) is 14.6. The lowest BCUT2D eigenvalue weighted by molar-refractivity contribution is -0.313. The molecule has 0 radical (unpaired) electrons. The highest BCUT2D eigenvalue weighted by Gasteiger charge is 2.33. The Morgan fingerprint density at radius 3 is 2.59 bits per heavy atom. The summed E-state index contributed by atoms with van der Waals surface area (Å²) < 4.78 is 0. The van der Waals surface area contributed by atoms with Gasteiger partial charge in [0.25, 0.3) is 5.91 Å². The number of nitrogens with one attached hydrogen (secondary N) is 1. The van der Waals surface area contributed by atoms with Crippen molar-refractivity contribution in [2.75, 3.05) is 5.32 Å². The van der Waals surface area contributed by atoms with E-state index in [1.807, 2.05) is 6.08 Å². The third-order valence-corrected chi connectivity index (χ3v) is 6.79. The molecule has 0 saturated heterocycles. The van der Waals surface area contributed by atoms with E-state index in [0.717, 1.165) is 42.5 Å². The molecule has 0 aromatic carbocycles. The number of fused-ring (bicyclic) bond motifs is 1. The molecular weight excluding hydrogens is 364 g/mol. The van der Waals surface area contributed by atoms with Gasteiger partial charge in [-0.3, -0.25) is 9.59 Å². The summed E-state index contributed by atoms with van der Waals surface area (Å²) >= 11 is 1.41. The maximum absolute atomic E-state index is 12.8. The molecule has 2 aliphatic carbocycles. The fourth-order valence-corrected chi connectivity index (χ4v) is 5.60. The van der Waals surface area contributed by atoms with Gasteiger partial charge in [0.1, 0.15) is 5.00 Å². The highest BCUT2D eigenvalue weighted by atomic mass is 32.1. The molecule has 1 heterocycles. The number of thiophene rings is 1. The summed E-state index contributed by atoms with van der Waals surface area (Å²) in [6, 6.07) is 0. The lowest BCUT2D eigenvalue weighted by Crippen LogP contribution is -2.41. The van der Waals surface area contributed by atoms with Gasteiger partial charge in [-0.2, -0.15) is 0 Å². The molecule has 0 bridgehead atoms. The lowest BCUT2D eigenvalue weighted by atomic mass is 9.82. The molecule has 0 unspecified atom stereocenters. The lowest BCUT2D eigenvalue weighted by Gasteiger charge is -2.28.